The smallest absolute Gasteiger partial charge is 0.308 e. The van der Waals surface area contributed by atoms with Crippen LogP contribution in [0.5, 0.6) is 5.75 Å². The maximum Gasteiger partial charge on any atom is 0.308 e. The number of carbonyl (C=O) groups is 5. The first-order valence-electron chi connectivity index (χ1n) is 11.9. The summed E-state index contributed by atoms with van der Waals surface area (Å²) in [6.07, 6.45) is 0. The van der Waals surface area contributed by atoms with Gasteiger partial charge in [-0.15, -0.1) is 0 Å². The van der Waals surface area contributed by atoms with Gasteiger partial charge >= 0.3 is 5.97 Å². The van der Waals surface area contributed by atoms with Crippen molar-refractivity contribution in [1.82, 2.24) is 10.2 Å². The summed E-state index contributed by atoms with van der Waals surface area (Å²) >= 11 is 0. The highest BCUT2D eigenvalue weighted by molar-refractivity contribution is 6.22. The fourth-order valence-electron chi connectivity index (χ4n) is 4.10. The molecule has 9 nitrogen and oxygen atoms in total. The van der Waals surface area contributed by atoms with Gasteiger partial charge < -0.3 is 15.4 Å². The lowest BCUT2D eigenvalue weighted by Gasteiger charge is -2.29. The maximum atomic E-state index is 12.9. The van der Waals surface area contributed by atoms with Crippen LogP contribution in [0, 0.1) is 0 Å². The minimum absolute atomic E-state index is 0.193. The van der Waals surface area contributed by atoms with E-state index in [2.05, 4.69) is 10.6 Å². The van der Waals surface area contributed by atoms with E-state index in [1.807, 2.05) is 0 Å². The quantitative estimate of drug-likeness (QED) is 0.290. The topological polar surface area (TPSA) is 122 Å². The van der Waals surface area contributed by atoms with Crippen LogP contribution < -0.4 is 15.4 Å². The van der Waals surface area contributed by atoms with Crippen LogP contribution in [0.25, 0.3) is 0 Å². The summed E-state index contributed by atoms with van der Waals surface area (Å²) in [5.41, 5.74) is 1.61. The van der Waals surface area contributed by atoms with E-state index >= 15 is 0 Å². The Labute approximate surface area is 219 Å². The Morgan fingerprint density at radius 1 is 0.816 bits per heavy atom. The summed E-state index contributed by atoms with van der Waals surface area (Å²) < 4.78 is 5.02. The van der Waals surface area contributed by atoms with Crippen molar-refractivity contribution in [2.24, 2.45) is 0 Å². The Morgan fingerprint density at radius 3 is 2.21 bits per heavy atom. The molecule has 1 heterocycles. The van der Waals surface area contributed by atoms with Crippen molar-refractivity contribution in [2.45, 2.75) is 39.8 Å². The molecule has 0 atom stereocenters. The molecule has 4 rings (SSSR count). The van der Waals surface area contributed by atoms with Gasteiger partial charge in [0.1, 0.15) is 5.75 Å². The van der Waals surface area contributed by atoms with E-state index in [4.69, 9.17) is 4.74 Å². The molecular formula is C29H27N3O6. The zero-order valence-corrected chi connectivity index (χ0v) is 21.5. The Kier molecular flexibility index (Phi) is 7.12. The zero-order valence-electron chi connectivity index (χ0n) is 21.5. The summed E-state index contributed by atoms with van der Waals surface area (Å²) in [4.78, 5) is 63.3. The third kappa shape index (κ3) is 5.62. The molecule has 0 fully saturated rings. The summed E-state index contributed by atoms with van der Waals surface area (Å²) in [5, 5.41) is 5.59. The summed E-state index contributed by atoms with van der Waals surface area (Å²) in [5.74, 6) is -1.80. The Hall–Kier alpha value is -4.79. The lowest BCUT2D eigenvalue weighted by molar-refractivity contribution is -0.131. The van der Waals surface area contributed by atoms with Crippen molar-refractivity contribution < 1.29 is 28.7 Å². The number of hydrogen-bond donors (Lipinski definition) is 2. The Morgan fingerprint density at radius 2 is 1.50 bits per heavy atom. The molecule has 0 aliphatic carbocycles. The van der Waals surface area contributed by atoms with E-state index in [1.165, 1.54) is 36.1 Å². The van der Waals surface area contributed by atoms with Crippen LogP contribution in [0.1, 0.15) is 74.7 Å². The van der Waals surface area contributed by atoms with Crippen molar-refractivity contribution in [3.63, 3.8) is 0 Å². The number of benzene rings is 3. The normalized spacial score (nSPS) is 12.7. The number of anilines is 1. The number of nitrogens with zero attached hydrogens (tertiary/aromatic N) is 1. The number of nitrogens with one attached hydrogen (secondary N) is 2. The van der Waals surface area contributed by atoms with Crippen molar-refractivity contribution in [3.05, 3.63) is 94.5 Å². The van der Waals surface area contributed by atoms with Gasteiger partial charge in [0.25, 0.3) is 23.6 Å². The van der Waals surface area contributed by atoms with Crippen molar-refractivity contribution in [1.29, 1.82) is 0 Å². The predicted octanol–water partition coefficient (Wildman–Crippen LogP) is 4.19. The Bertz CT molecular complexity index is 1470. The second-order valence-corrected chi connectivity index (χ2v) is 9.84. The first-order valence-corrected chi connectivity index (χ1v) is 11.9. The molecular weight excluding hydrogens is 486 g/mol. The number of esters is 1. The average Bonchev–Trinajstić information content (AvgIpc) is 3.12. The second-order valence-electron chi connectivity index (χ2n) is 9.84. The monoisotopic (exact) mass is 513 g/mol. The average molecular weight is 514 g/mol. The van der Waals surface area contributed by atoms with Crippen LogP contribution in [-0.2, 0) is 11.3 Å². The van der Waals surface area contributed by atoms with Gasteiger partial charge in [-0.25, -0.2) is 0 Å². The SMILES string of the molecule is CC(=O)Oc1cccc(C(=O)NCc2cccc(NC(=O)c3ccc4c(c3)C(=O)N(C(C)(C)C)C4=O)c2)c1. The minimum Gasteiger partial charge on any atom is -0.427 e. The largest absolute Gasteiger partial charge is 0.427 e. The van der Waals surface area contributed by atoms with E-state index in [0.717, 1.165) is 5.56 Å². The van der Waals surface area contributed by atoms with Crippen LogP contribution >= 0.6 is 0 Å². The molecule has 3 aromatic carbocycles. The fraction of sp³-hybridized carbons (Fsp3) is 0.207. The van der Waals surface area contributed by atoms with E-state index < -0.39 is 23.3 Å². The molecule has 1 aliphatic rings. The molecule has 0 radical (unpaired) electrons. The summed E-state index contributed by atoms with van der Waals surface area (Å²) in [6.45, 7) is 6.80. The molecule has 0 aromatic heterocycles. The molecule has 1 aliphatic heterocycles. The second kappa shape index (κ2) is 10.3. The minimum atomic E-state index is -0.684. The first-order chi connectivity index (χ1) is 17.9. The zero-order chi connectivity index (χ0) is 27.6. The molecule has 0 saturated carbocycles. The third-order valence-electron chi connectivity index (χ3n) is 5.82. The van der Waals surface area contributed by atoms with Crippen LogP contribution in [0.4, 0.5) is 5.69 Å². The van der Waals surface area contributed by atoms with Gasteiger partial charge in [0, 0.05) is 35.8 Å². The van der Waals surface area contributed by atoms with Gasteiger partial charge in [-0.3, -0.25) is 28.9 Å². The van der Waals surface area contributed by atoms with Crippen LogP contribution in [0.3, 0.4) is 0 Å². The van der Waals surface area contributed by atoms with Gasteiger partial charge in [0.2, 0.25) is 0 Å². The van der Waals surface area contributed by atoms with E-state index in [0.29, 0.717) is 11.3 Å². The number of fused-ring (bicyclic) bond motifs is 1. The van der Waals surface area contributed by atoms with E-state index in [-0.39, 0.29) is 40.8 Å². The third-order valence-corrected chi connectivity index (χ3v) is 5.82. The van der Waals surface area contributed by atoms with Crippen LogP contribution in [0.15, 0.2) is 66.7 Å². The Balaban J connectivity index is 1.42. The van der Waals surface area contributed by atoms with Gasteiger partial charge in [0.05, 0.1) is 11.1 Å². The van der Waals surface area contributed by atoms with Crippen molar-refractivity contribution in [2.75, 3.05) is 5.32 Å². The number of hydrogen-bond acceptors (Lipinski definition) is 6. The van der Waals surface area contributed by atoms with Gasteiger partial charge in [-0.2, -0.15) is 0 Å². The molecule has 3 aromatic rings. The summed E-state index contributed by atoms with van der Waals surface area (Å²) in [6, 6.07) is 17.7. The fourth-order valence-corrected chi connectivity index (χ4v) is 4.10. The van der Waals surface area contributed by atoms with E-state index in [9.17, 15) is 24.0 Å². The standard InChI is InChI=1S/C29H27N3O6/c1-17(33)38-22-10-6-8-19(14-22)25(34)30-16-18-7-5-9-21(13-18)31-26(35)20-11-12-23-24(15-20)28(37)32(27(23)36)29(2,3)4/h5-15H,16H2,1-4H3,(H,30,34)(H,31,35). The van der Waals surface area contributed by atoms with Gasteiger partial charge in [-0.1, -0.05) is 18.2 Å². The molecule has 0 unspecified atom stereocenters. The highest BCUT2D eigenvalue weighted by Gasteiger charge is 2.42. The van der Waals surface area contributed by atoms with Gasteiger partial charge in [-0.05, 0) is 74.9 Å². The molecule has 2 N–H and O–H groups in total. The number of ether oxygens (including phenoxy) is 1. The van der Waals surface area contributed by atoms with Gasteiger partial charge in [0.15, 0.2) is 0 Å². The lowest BCUT2D eigenvalue weighted by Crippen LogP contribution is -2.45. The molecule has 4 amide bonds. The molecule has 38 heavy (non-hydrogen) atoms. The maximum absolute atomic E-state index is 12.9. The number of amides is 4. The molecule has 194 valence electrons. The highest BCUT2D eigenvalue weighted by Crippen LogP contribution is 2.30. The lowest BCUT2D eigenvalue weighted by atomic mass is 10.1. The molecule has 0 spiro atoms. The molecule has 9 heteroatoms. The van der Waals surface area contributed by atoms with Crippen LogP contribution in [0.2, 0.25) is 0 Å². The number of carbonyl (C=O) groups excluding carboxylic acids is 5. The molecule has 0 bridgehead atoms. The highest BCUT2D eigenvalue weighted by atomic mass is 16.5. The molecule has 0 saturated heterocycles. The van der Waals surface area contributed by atoms with Crippen molar-refractivity contribution >= 4 is 35.3 Å². The van der Waals surface area contributed by atoms with Crippen LogP contribution in [-0.4, -0.2) is 40.0 Å². The summed E-state index contributed by atoms with van der Waals surface area (Å²) in [7, 11) is 0. The predicted molar refractivity (Wildman–Crippen MR) is 140 cm³/mol. The number of rotatable bonds is 6. The first kappa shape index (κ1) is 26.3. The van der Waals surface area contributed by atoms with Crippen molar-refractivity contribution in [3.8, 4) is 5.75 Å². The van der Waals surface area contributed by atoms with E-state index in [1.54, 1.807) is 63.2 Å². The number of imide groups is 1.